The lowest BCUT2D eigenvalue weighted by atomic mass is 10.1. The molecule has 0 saturated carbocycles. The molecule has 1 aromatic rings. The van der Waals surface area contributed by atoms with E-state index in [1.54, 1.807) is 13.8 Å². The van der Waals surface area contributed by atoms with Gasteiger partial charge in [0.25, 0.3) is 0 Å². The monoisotopic (exact) mass is 363 g/mol. The van der Waals surface area contributed by atoms with Crippen molar-refractivity contribution >= 4 is 17.6 Å². The normalized spacial score (nSPS) is 18.0. The molecule has 1 fully saturated rings. The molecule has 0 bridgehead atoms. The second kappa shape index (κ2) is 10.8. The summed E-state index contributed by atoms with van der Waals surface area (Å²) in [6.45, 7) is 5.88. The summed E-state index contributed by atoms with van der Waals surface area (Å²) in [6, 6.07) is 6.68. The van der Waals surface area contributed by atoms with Gasteiger partial charge in [-0.15, -0.1) is 0 Å². The maximum absolute atomic E-state index is 12.0. The van der Waals surface area contributed by atoms with Gasteiger partial charge >= 0.3 is 6.03 Å². The fourth-order valence-electron chi connectivity index (χ4n) is 2.74. The molecule has 2 rings (SSSR count). The number of amides is 3. The average molecular weight is 363 g/mol. The van der Waals surface area contributed by atoms with Crippen molar-refractivity contribution in [1.29, 1.82) is 0 Å². The Balaban J connectivity index is 1.78. The fourth-order valence-corrected chi connectivity index (χ4v) is 2.74. The zero-order valence-corrected chi connectivity index (χ0v) is 15.5. The minimum absolute atomic E-state index is 0.197. The molecule has 7 heteroatoms. The van der Waals surface area contributed by atoms with Gasteiger partial charge in [0.15, 0.2) is 0 Å². The Bertz CT molecular complexity index is 588. The van der Waals surface area contributed by atoms with Gasteiger partial charge in [-0.1, -0.05) is 12.1 Å². The van der Waals surface area contributed by atoms with Crippen LogP contribution in [0.2, 0.25) is 0 Å². The van der Waals surface area contributed by atoms with Crippen molar-refractivity contribution in [2.75, 3.05) is 25.1 Å². The van der Waals surface area contributed by atoms with E-state index in [2.05, 4.69) is 16.0 Å². The summed E-state index contributed by atoms with van der Waals surface area (Å²) in [5, 5.41) is 7.92. The molecule has 0 aliphatic carbocycles. The van der Waals surface area contributed by atoms with Crippen molar-refractivity contribution in [2.24, 2.45) is 0 Å². The molecule has 26 heavy (non-hydrogen) atoms. The lowest BCUT2D eigenvalue weighted by Crippen LogP contribution is -2.45. The molecule has 0 spiro atoms. The summed E-state index contributed by atoms with van der Waals surface area (Å²) in [6.07, 6.45) is 3.59. The first-order valence-corrected chi connectivity index (χ1v) is 9.22. The van der Waals surface area contributed by atoms with E-state index in [1.165, 1.54) is 6.42 Å². The van der Waals surface area contributed by atoms with Crippen molar-refractivity contribution in [1.82, 2.24) is 10.6 Å². The highest BCUT2D eigenvalue weighted by atomic mass is 16.5. The molecule has 144 valence electrons. The Hall–Kier alpha value is -2.12. The molecular formula is C19H29N3O4. The SMILES string of the molecule is CCNC(=O)NC(=O)C(C)Nc1cccc(COCC2CCCCO2)c1. The largest absolute Gasteiger partial charge is 0.376 e. The lowest BCUT2D eigenvalue weighted by Gasteiger charge is -2.22. The summed E-state index contributed by atoms with van der Waals surface area (Å²) < 4.78 is 11.4. The Labute approximate surface area is 154 Å². The first-order valence-electron chi connectivity index (χ1n) is 9.22. The van der Waals surface area contributed by atoms with Gasteiger partial charge in [0.1, 0.15) is 6.04 Å². The van der Waals surface area contributed by atoms with Gasteiger partial charge < -0.3 is 20.1 Å². The number of rotatable bonds is 8. The first-order chi connectivity index (χ1) is 12.6. The Morgan fingerprint density at radius 3 is 2.92 bits per heavy atom. The van der Waals surface area contributed by atoms with E-state index >= 15 is 0 Å². The van der Waals surface area contributed by atoms with E-state index in [9.17, 15) is 9.59 Å². The third kappa shape index (κ3) is 7.01. The quantitative estimate of drug-likeness (QED) is 0.660. The zero-order valence-electron chi connectivity index (χ0n) is 15.5. The highest BCUT2D eigenvalue weighted by molar-refractivity contribution is 5.97. The van der Waals surface area contributed by atoms with Crippen LogP contribution in [0, 0.1) is 0 Å². The van der Waals surface area contributed by atoms with Gasteiger partial charge in [0.2, 0.25) is 5.91 Å². The van der Waals surface area contributed by atoms with Crippen LogP contribution in [0.5, 0.6) is 0 Å². The maximum Gasteiger partial charge on any atom is 0.321 e. The smallest absolute Gasteiger partial charge is 0.321 e. The molecule has 1 aliphatic rings. The van der Waals surface area contributed by atoms with Crippen molar-refractivity contribution in [3.63, 3.8) is 0 Å². The van der Waals surface area contributed by atoms with Crippen molar-refractivity contribution in [2.45, 2.75) is 51.9 Å². The fraction of sp³-hybridized carbons (Fsp3) is 0.579. The number of urea groups is 1. The van der Waals surface area contributed by atoms with Crippen LogP contribution in [0.25, 0.3) is 0 Å². The van der Waals surface area contributed by atoms with E-state index in [4.69, 9.17) is 9.47 Å². The molecule has 1 aromatic carbocycles. The summed E-state index contributed by atoms with van der Waals surface area (Å²) in [4.78, 5) is 23.4. The van der Waals surface area contributed by atoms with Crippen LogP contribution in [0.4, 0.5) is 10.5 Å². The predicted octanol–water partition coefficient (Wildman–Crippen LogP) is 2.42. The molecular weight excluding hydrogens is 334 g/mol. The number of benzene rings is 1. The Morgan fingerprint density at radius 1 is 1.35 bits per heavy atom. The highest BCUT2D eigenvalue weighted by Crippen LogP contribution is 2.15. The van der Waals surface area contributed by atoms with Crippen molar-refractivity contribution in [3.05, 3.63) is 29.8 Å². The highest BCUT2D eigenvalue weighted by Gasteiger charge is 2.16. The number of carbonyl (C=O) groups is 2. The lowest BCUT2D eigenvalue weighted by molar-refractivity contribution is -0.120. The number of nitrogens with one attached hydrogen (secondary N) is 3. The first kappa shape index (κ1) is 20.2. The van der Waals surface area contributed by atoms with Crippen LogP contribution in [0.15, 0.2) is 24.3 Å². The number of hydrogen-bond acceptors (Lipinski definition) is 5. The number of imide groups is 1. The third-order valence-electron chi connectivity index (χ3n) is 4.12. The van der Waals surface area contributed by atoms with Crippen LogP contribution in [-0.2, 0) is 20.9 Å². The predicted molar refractivity (Wildman–Crippen MR) is 100.0 cm³/mol. The number of hydrogen-bond donors (Lipinski definition) is 3. The molecule has 0 radical (unpaired) electrons. The standard InChI is InChI=1S/C19H29N3O4/c1-3-20-19(24)22-18(23)14(2)21-16-8-6-7-15(11-16)12-25-13-17-9-4-5-10-26-17/h6-8,11,14,17,21H,3-5,9-10,12-13H2,1-2H3,(H2,20,22,23,24). The van der Waals surface area contributed by atoms with Crippen LogP contribution >= 0.6 is 0 Å². The van der Waals surface area contributed by atoms with Gasteiger partial charge in [0, 0.05) is 18.8 Å². The van der Waals surface area contributed by atoms with Crippen LogP contribution in [-0.4, -0.2) is 43.8 Å². The van der Waals surface area contributed by atoms with Gasteiger partial charge in [-0.05, 0) is 50.8 Å². The second-order valence-electron chi connectivity index (χ2n) is 6.42. The van der Waals surface area contributed by atoms with Crippen LogP contribution < -0.4 is 16.0 Å². The molecule has 1 saturated heterocycles. The van der Waals surface area contributed by atoms with Crippen molar-refractivity contribution in [3.8, 4) is 0 Å². The average Bonchev–Trinajstić information content (AvgIpc) is 2.63. The third-order valence-corrected chi connectivity index (χ3v) is 4.12. The summed E-state index contributed by atoms with van der Waals surface area (Å²) >= 11 is 0. The van der Waals surface area contributed by atoms with Gasteiger partial charge in [-0.25, -0.2) is 4.79 Å². The van der Waals surface area contributed by atoms with E-state index in [0.717, 1.165) is 30.7 Å². The van der Waals surface area contributed by atoms with E-state index in [0.29, 0.717) is 19.8 Å². The van der Waals surface area contributed by atoms with Gasteiger partial charge in [-0.3, -0.25) is 10.1 Å². The molecule has 1 aliphatic heterocycles. The Morgan fingerprint density at radius 2 is 2.19 bits per heavy atom. The number of ether oxygens (including phenoxy) is 2. The molecule has 0 aromatic heterocycles. The summed E-state index contributed by atoms with van der Waals surface area (Å²) in [5.41, 5.74) is 1.82. The van der Waals surface area contributed by atoms with Crippen molar-refractivity contribution < 1.29 is 19.1 Å². The molecule has 3 N–H and O–H groups in total. The molecule has 2 atom stereocenters. The van der Waals surface area contributed by atoms with Gasteiger partial charge in [0.05, 0.1) is 19.3 Å². The Kier molecular flexibility index (Phi) is 8.37. The number of anilines is 1. The van der Waals surface area contributed by atoms with E-state index in [1.807, 2.05) is 24.3 Å². The summed E-state index contributed by atoms with van der Waals surface area (Å²) in [7, 11) is 0. The molecule has 3 amide bonds. The van der Waals surface area contributed by atoms with Crippen LogP contribution in [0.3, 0.4) is 0 Å². The molecule has 1 heterocycles. The zero-order chi connectivity index (χ0) is 18.8. The van der Waals surface area contributed by atoms with Gasteiger partial charge in [-0.2, -0.15) is 0 Å². The molecule has 7 nitrogen and oxygen atoms in total. The maximum atomic E-state index is 12.0. The number of carbonyl (C=O) groups excluding carboxylic acids is 2. The molecule has 2 unspecified atom stereocenters. The van der Waals surface area contributed by atoms with Crippen LogP contribution in [0.1, 0.15) is 38.7 Å². The minimum Gasteiger partial charge on any atom is -0.376 e. The van der Waals surface area contributed by atoms with E-state index in [-0.39, 0.29) is 12.0 Å². The summed E-state index contributed by atoms with van der Waals surface area (Å²) in [5.74, 6) is -0.382. The van der Waals surface area contributed by atoms with E-state index < -0.39 is 12.1 Å². The topological polar surface area (TPSA) is 88.7 Å². The minimum atomic E-state index is -0.538. The second-order valence-corrected chi connectivity index (χ2v) is 6.42.